The van der Waals surface area contributed by atoms with Crippen LogP contribution < -0.4 is 16.0 Å². The Labute approximate surface area is 171 Å². The van der Waals surface area contributed by atoms with Crippen molar-refractivity contribution in [2.45, 2.75) is 32.9 Å². The lowest BCUT2D eigenvalue weighted by Gasteiger charge is -2.26. The average Bonchev–Trinajstić information content (AvgIpc) is 2.98. The van der Waals surface area contributed by atoms with Crippen molar-refractivity contribution in [2.24, 2.45) is 0 Å². The summed E-state index contributed by atoms with van der Waals surface area (Å²) in [6.07, 6.45) is 0.633. The first-order valence-electron chi connectivity index (χ1n) is 8.39. The Hall–Kier alpha value is -2.03. The smallest absolute Gasteiger partial charge is 0.322 e. The van der Waals surface area contributed by atoms with E-state index in [1.54, 1.807) is 23.1 Å². The molecule has 27 heavy (non-hydrogen) atoms. The maximum Gasteiger partial charge on any atom is 0.322 e. The molecule has 0 saturated heterocycles. The molecule has 0 aliphatic carbocycles. The second-order valence-electron chi connectivity index (χ2n) is 6.37. The number of benzene rings is 1. The van der Waals surface area contributed by atoms with Gasteiger partial charge < -0.3 is 15.5 Å². The monoisotopic (exact) mass is 427 g/mol. The largest absolute Gasteiger partial charge is 0.336 e. The van der Waals surface area contributed by atoms with E-state index in [4.69, 9.17) is 23.2 Å². The fraction of sp³-hybridized carbons (Fsp3) is 0.353. The first kappa shape index (κ1) is 19.7. The number of halogens is 2. The molecule has 0 unspecified atom stereocenters. The number of rotatable bonds is 3. The molecule has 1 aromatic heterocycles. The summed E-state index contributed by atoms with van der Waals surface area (Å²) in [4.78, 5) is 31.4. The number of anilines is 2. The molecule has 2 heterocycles. The Balaban J connectivity index is 1.62. The minimum absolute atomic E-state index is 0.0418. The zero-order valence-electron chi connectivity index (χ0n) is 14.8. The lowest BCUT2D eigenvalue weighted by molar-refractivity contribution is 0.207. The first-order chi connectivity index (χ1) is 12.8. The number of aromatic nitrogens is 1. The number of amides is 4. The predicted octanol–water partition coefficient (Wildman–Crippen LogP) is 4.57. The first-order valence-corrected chi connectivity index (χ1v) is 9.96. The number of fused-ring (bicyclic) bond motifs is 1. The summed E-state index contributed by atoms with van der Waals surface area (Å²) in [6, 6.07) is 4.48. The van der Waals surface area contributed by atoms with Gasteiger partial charge in [-0.15, -0.1) is 0 Å². The molecule has 7 nitrogen and oxygen atoms in total. The van der Waals surface area contributed by atoms with Crippen LogP contribution in [0.25, 0.3) is 0 Å². The van der Waals surface area contributed by atoms with Crippen LogP contribution in [0.1, 0.15) is 24.4 Å². The maximum atomic E-state index is 12.5. The minimum Gasteiger partial charge on any atom is -0.336 e. The van der Waals surface area contributed by atoms with Crippen LogP contribution in [0.15, 0.2) is 18.2 Å². The quantitative estimate of drug-likeness (QED) is 0.670. The van der Waals surface area contributed by atoms with E-state index in [2.05, 4.69) is 20.9 Å². The molecule has 1 aromatic carbocycles. The fourth-order valence-corrected chi connectivity index (χ4v) is 3.91. The van der Waals surface area contributed by atoms with Crippen molar-refractivity contribution in [2.75, 3.05) is 17.2 Å². The van der Waals surface area contributed by atoms with Crippen LogP contribution in [-0.2, 0) is 13.0 Å². The molecule has 0 saturated carbocycles. The Morgan fingerprint density at radius 1 is 1.22 bits per heavy atom. The molecule has 10 heteroatoms. The van der Waals surface area contributed by atoms with Crippen molar-refractivity contribution in [1.29, 1.82) is 0 Å². The summed E-state index contributed by atoms with van der Waals surface area (Å²) in [7, 11) is 0. The predicted molar refractivity (Wildman–Crippen MR) is 109 cm³/mol. The number of carbonyl (C=O) groups is 2. The molecule has 0 fully saturated rings. The highest BCUT2D eigenvalue weighted by Gasteiger charge is 2.24. The highest BCUT2D eigenvalue weighted by Crippen LogP contribution is 2.29. The average molecular weight is 428 g/mol. The summed E-state index contributed by atoms with van der Waals surface area (Å²) in [6.45, 7) is 4.75. The van der Waals surface area contributed by atoms with Crippen LogP contribution in [-0.4, -0.2) is 34.5 Å². The lowest BCUT2D eigenvalue weighted by atomic mass is 10.2. The standard InChI is InChI=1S/C17H19Cl2N5O2S/c1-9(2)20-15(25)23-16-22-13-5-6-24(8-14(13)27-16)17(26)21-10-3-4-11(18)12(19)7-10/h3-4,7,9H,5-6,8H2,1-2H3,(H,21,26)(H2,20,22,23,25). The number of carbonyl (C=O) groups excluding carboxylic acids is 2. The number of hydrogen-bond donors (Lipinski definition) is 3. The molecule has 1 aliphatic rings. The van der Waals surface area contributed by atoms with Crippen molar-refractivity contribution >= 4 is 57.4 Å². The molecular formula is C17H19Cl2N5O2S. The van der Waals surface area contributed by atoms with Crippen molar-refractivity contribution in [3.63, 3.8) is 0 Å². The Kier molecular flexibility index (Phi) is 6.08. The summed E-state index contributed by atoms with van der Waals surface area (Å²) in [5.41, 5.74) is 1.50. The third-order valence-electron chi connectivity index (χ3n) is 3.83. The van der Waals surface area contributed by atoms with Crippen molar-refractivity contribution in [3.05, 3.63) is 38.8 Å². The van der Waals surface area contributed by atoms with Gasteiger partial charge in [0.05, 0.1) is 22.3 Å². The van der Waals surface area contributed by atoms with Gasteiger partial charge in [0.2, 0.25) is 0 Å². The SMILES string of the molecule is CC(C)NC(=O)Nc1nc2c(s1)CN(C(=O)Nc1ccc(Cl)c(Cl)c1)CC2. The third kappa shape index (κ3) is 5.03. The Morgan fingerprint density at radius 3 is 2.70 bits per heavy atom. The van der Waals surface area contributed by atoms with E-state index in [1.165, 1.54) is 11.3 Å². The van der Waals surface area contributed by atoms with E-state index in [0.29, 0.717) is 40.4 Å². The molecule has 0 radical (unpaired) electrons. The molecule has 0 bridgehead atoms. The van der Waals surface area contributed by atoms with E-state index in [0.717, 1.165) is 10.6 Å². The zero-order chi connectivity index (χ0) is 19.6. The summed E-state index contributed by atoms with van der Waals surface area (Å²) in [5, 5.41) is 9.66. The highest BCUT2D eigenvalue weighted by molar-refractivity contribution is 7.15. The molecule has 0 spiro atoms. The van der Waals surface area contributed by atoms with Gasteiger partial charge in [0.15, 0.2) is 5.13 Å². The van der Waals surface area contributed by atoms with Crippen molar-refractivity contribution in [3.8, 4) is 0 Å². The topological polar surface area (TPSA) is 86.4 Å². The normalized spacial score (nSPS) is 13.3. The van der Waals surface area contributed by atoms with Crippen LogP contribution in [0, 0.1) is 0 Å². The van der Waals surface area contributed by atoms with E-state index < -0.39 is 0 Å². The van der Waals surface area contributed by atoms with Crippen LogP contribution >= 0.6 is 34.5 Å². The van der Waals surface area contributed by atoms with E-state index >= 15 is 0 Å². The van der Waals surface area contributed by atoms with Crippen molar-refractivity contribution in [1.82, 2.24) is 15.2 Å². The molecule has 4 amide bonds. The number of hydrogen-bond acceptors (Lipinski definition) is 4. The summed E-state index contributed by atoms with van der Waals surface area (Å²) in [5.74, 6) is 0. The Bertz CT molecular complexity index is 871. The maximum absolute atomic E-state index is 12.5. The van der Waals surface area contributed by atoms with Gasteiger partial charge in [-0.25, -0.2) is 14.6 Å². The Morgan fingerprint density at radius 2 is 2.00 bits per heavy atom. The van der Waals surface area contributed by atoms with Gasteiger partial charge in [0.25, 0.3) is 0 Å². The van der Waals surface area contributed by atoms with E-state index in [9.17, 15) is 9.59 Å². The van der Waals surface area contributed by atoms with E-state index in [-0.39, 0.29) is 18.1 Å². The summed E-state index contributed by atoms with van der Waals surface area (Å²) >= 11 is 13.3. The fourth-order valence-electron chi connectivity index (χ4n) is 2.59. The van der Waals surface area contributed by atoms with Crippen LogP contribution in [0.3, 0.4) is 0 Å². The van der Waals surface area contributed by atoms with Gasteiger partial charge >= 0.3 is 12.1 Å². The van der Waals surface area contributed by atoms with Crippen LogP contribution in [0.5, 0.6) is 0 Å². The molecule has 0 atom stereocenters. The third-order valence-corrected chi connectivity index (χ3v) is 5.57. The second kappa shape index (κ2) is 8.33. The zero-order valence-corrected chi connectivity index (χ0v) is 17.1. The minimum atomic E-state index is -0.287. The highest BCUT2D eigenvalue weighted by atomic mass is 35.5. The van der Waals surface area contributed by atoms with Crippen LogP contribution in [0.4, 0.5) is 20.4 Å². The van der Waals surface area contributed by atoms with Gasteiger partial charge in [-0.3, -0.25) is 5.32 Å². The molecule has 3 N–H and O–H groups in total. The van der Waals surface area contributed by atoms with Crippen molar-refractivity contribution < 1.29 is 9.59 Å². The lowest BCUT2D eigenvalue weighted by Crippen LogP contribution is -2.38. The van der Waals surface area contributed by atoms with Gasteiger partial charge in [0, 0.05) is 29.6 Å². The molecule has 144 valence electrons. The molecule has 3 rings (SSSR count). The van der Waals surface area contributed by atoms with Gasteiger partial charge in [-0.1, -0.05) is 34.5 Å². The molecule has 1 aliphatic heterocycles. The van der Waals surface area contributed by atoms with Gasteiger partial charge in [-0.05, 0) is 32.0 Å². The summed E-state index contributed by atoms with van der Waals surface area (Å²) < 4.78 is 0. The number of nitrogens with zero attached hydrogens (tertiary/aromatic N) is 2. The molecule has 2 aromatic rings. The van der Waals surface area contributed by atoms with E-state index in [1.807, 2.05) is 13.8 Å². The van der Waals surface area contributed by atoms with Gasteiger partial charge in [0.1, 0.15) is 0 Å². The number of thiazole rings is 1. The number of nitrogens with one attached hydrogen (secondary N) is 3. The number of urea groups is 2. The van der Waals surface area contributed by atoms with Gasteiger partial charge in [-0.2, -0.15) is 0 Å². The molecular weight excluding hydrogens is 409 g/mol. The second-order valence-corrected chi connectivity index (χ2v) is 8.27. The van der Waals surface area contributed by atoms with Crippen LogP contribution in [0.2, 0.25) is 10.0 Å².